The number of anilines is 1. The number of hydrogen-bond acceptors (Lipinski definition) is 4. The summed E-state index contributed by atoms with van der Waals surface area (Å²) < 4.78 is 0. The molecule has 0 aliphatic carbocycles. The van der Waals surface area contributed by atoms with Gasteiger partial charge >= 0.3 is 0 Å². The fourth-order valence-electron chi connectivity index (χ4n) is 1.60. The number of halogens is 1. The maximum atomic E-state index is 11.7. The Morgan fingerprint density at radius 1 is 1.53 bits per heavy atom. The third-order valence-electron chi connectivity index (χ3n) is 2.35. The summed E-state index contributed by atoms with van der Waals surface area (Å²) in [4.78, 5) is 21.2. The lowest BCUT2D eigenvalue weighted by Gasteiger charge is -2.15. The van der Waals surface area contributed by atoms with Crippen LogP contribution in [0.3, 0.4) is 0 Å². The molecule has 1 atom stereocenters. The van der Waals surface area contributed by atoms with E-state index < -0.39 is 0 Å². The van der Waals surface area contributed by atoms with E-state index >= 15 is 0 Å². The van der Waals surface area contributed by atoms with Gasteiger partial charge < -0.3 is 0 Å². The van der Waals surface area contributed by atoms with Gasteiger partial charge in [0.1, 0.15) is 0 Å². The van der Waals surface area contributed by atoms with Crippen molar-refractivity contribution in [1.29, 1.82) is 0 Å². The van der Waals surface area contributed by atoms with E-state index in [1.165, 1.54) is 12.4 Å². The molecule has 1 saturated heterocycles. The topological polar surface area (TPSA) is 46.1 Å². The van der Waals surface area contributed by atoms with Crippen molar-refractivity contribution in [2.24, 2.45) is 5.92 Å². The van der Waals surface area contributed by atoms with E-state index in [9.17, 15) is 4.79 Å². The van der Waals surface area contributed by atoms with Gasteiger partial charge in [-0.2, -0.15) is 12.6 Å². The van der Waals surface area contributed by atoms with E-state index in [1.54, 1.807) is 4.90 Å². The fraction of sp³-hybridized carbons (Fsp3) is 0.444. The Balaban J connectivity index is 2.25. The van der Waals surface area contributed by atoms with Gasteiger partial charge in [-0.1, -0.05) is 11.6 Å². The molecule has 1 fully saturated rings. The molecule has 1 aliphatic heterocycles. The van der Waals surface area contributed by atoms with Crippen molar-refractivity contribution >= 4 is 36.0 Å². The Morgan fingerprint density at radius 2 is 2.27 bits per heavy atom. The van der Waals surface area contributed by atoms with Crippen molar-refractivity contribution < 1.29 is 4.79 Å². The van der Waals surface area contributed by atoms with Crippen LogP contribution in [0.25, 0.3) is 0 Å². The minimum atomic E-state index is 0.0384. The first kappa shape index (κ1) is 10.7. The molecule has 0 aromatic carbocycles. The highest BCUT2D eigenvalue weighted by atomic mass is 35.5. The number of aromatic nitrogens is 2. The van der Waals surface area contributed by atoms with E-state index in [2.05, 4.69) is 22.6 Å². The molecule has 80 valence electrons. The third kappa shape index (κ3) is 2.08. The van der Waals surface area contributed by atoms with Crippen LogP contribution < -0.4 is 4.90 Å². The average molecular weight is 244 g/mol. The molecular formula is C9H10ClN3OS. The van der Waals surface area contributed by atoms with Crippen LogP contribution in [0.5, 0.6) is 0 Å². The van der Waals surface area contributed by atoms with E-state index in [1.807, 2.05) is 0 Å². The lowest BCUT2D eigenvalue weighted by molar-refractivity contribution is -0.117. The SMILES string of the molecule is O=C1CC(CS)CN1c1nccnc1Cl. The van der Waals surface area contributed by atoms with Gasteiger partial charge in [0.15, 0.2) is 11.0 Å². The van der Waals surface area contributed by atoms with Crippen LogP contribution in [0, 0.1) is 5.92 Å². The van der Waals surface area contributed by atoms with Crippen LogP contribution in [0.1, 0.15) is 6.42 Å². The predicted octanol–water partition coefficient (Wildman–Crippen LogP) is 1.41. The highest BCUT2D eigenvalue weighted by Gasteiger charge is 2.31. The monoisotopic (exact) mass is 243 g/mol. The normalized spacial score (nSPS) is 21.1. The molecular weight excluding hydrogens is 234 g/mol. The minimum absolute atomic E-state index is 0.0384. The van der Waals surface area contributed by atoms with Gasteiger partial charge in [0, 0.05) is 25.4 Å². The fourth-order valence-corrected chi connectivity index (χ4v) is 2.06. The summed E-state index contributed by atoms with van der Waals surface area (Å²) >= 11 is 10.1. The molecule has 15 heavy (non-hydrogen) atoms. The summed E-state index contributed by atoms with van der Waals surface area (Å²) in [7, 11) is 0. The van der Waals surface area contributed by atoms with Gasteiger partial charge in [0.25, 0.3) is 0 Å². The van der Waals surface area contributed by atoms with Crippen LogP contribution in [0.15, 0.2) is 12.4 Å². The van der Waals surface area contributed by atoms with Crippen molar-refractivity contribution in [2.45, 2.75) is 6.42 Å². The zero-order valence-electron chi connectivity index (χ0n) is 7.93. The first-order valence-corrected chi connectivity index (χ1v) is 5.61. The largest absolute Gasteiger partial charge is 0.294 e. The summed E-state index contributed by atoms with van der Waals surface area (Å²) in [6, 6.07) is 0. The molecule has 0 N–H and O–H groups in total. The average Bonchev–Trinajstić information content (AvgIpc) is 2.60. The standard InChI is InChI=1S/C9H10ClN3OS/c10-8-9(12-2-1-11-8)13-4-6(5-15)3-7(13)14/h1-2,6,15H,3-5H2. The maximum Gasteiger partial charge on any atom is 0.228 e. The van der Waals surface area contributed by atoms with Gasteiger partial charge in [0.2, 0.25) is 5.91 Å². The predicted molar refractivity (Wildman–Crippen MR) is 61.4 cm³/mol. The summed E-state index contributed by atoms with van der Waals surface area (Å²) in [6.07, 6.45) is 3.54. The van der Waals surface area contributed by atoms with Crippen LogP contribution in [-0.4, -0.2) is 28.2 Å². The van der Waals surface area contributed by atoms with Crippen molar-refractivity contribution in [3.63, 3.8) is 0 Å². The number of thiol groups is 1. The molecule has 2 rings (SSSR count). The third-order valence-corrected chi connectivity index (χ3v) is 3.14. The lowest BCUT2D eigenvalue weighted by Crippen LogP contribution is -2.26. The molecule has 2 heterocycles. The quantitative estimate of drug-likeness (QED) is 0.799. The molecule has 0 radical (unpaired) electrons. The molecule has 1 amide bonds. The van der Waals surface area contributed by atoms with Crippen molar-refractivity contribution in [3.8, 4) is 0 Å². The van der Waals surface area contributed by atoms with E-state index in [-0.39, 0.29) is 17.0 Å². The number of hydrogen-bond donors (Lipinski definition) is 1. The van der Waals surface area contributed by atoms with E-state index in [4.69, 9.17) is 11.6 Å². The van der Waals surface area contributed by atoms with Crippen LogP contribution in [0.4, 0.5) is 5.82 Å². The first-order valence-electron chi connectivity index (χ1n) is 4.60. The summed E-state index contributed by atoms with van der Waals surface area (Å²) in [5.74, 6) is 1.46. The molecule has 1 unspecified atom stereocenters. The summed E-state index contributed by atoms with van der Waals surface area (Å²) in [5, 5.41) is 0.269. The van der Waals surface area contributed by atoms with E-state index in [0.717, 1.165) is 0 Å². The highest BCUT2D eigenvalue weighted by Crippen LogP contribution is 2.27. The zero-order chi connectivity index (χ0) is 10.8. The first-order chi connectivity index (χ1) is 7.22. The Kier molecular flexibility index (Phi) is 3.11. The van der Waals surface area contributed by atoms with Crippen molar-refractivity contribution in [3.05, 3.63) is 17.5 Å². The number of nitrogens with zero attached hydrogens (tertiary/aromatic N) is 3. The van der Waals surface area contributed by atoms with Crippen LogP contribution >= 0.6 is 24.2 Å². The zero-order valence-corrected chi connectivity index (χ0v) is 9.58. The number of rotatable bonds is 2. The Labute approximate surface area is 98.1 Å². The Bertz CT molecular complexity index is 387. The second kappa shape index (κ2) is 4.37. The second-order valence-electron chi connectivity index (χ2n) is 3.43. The Hall–Kier alpha value is -0.810. The number of amides is 1. The van der Waals surface area contributed by atoms with Crippen molar-refractivity contribution in [1.82, 2.24) is 9.97 Å². The van der Waals surface area contributed by atoms with Gasteiger partial charge in [-0.3, -0.25) is 9.69 Å². The van der Waals surface area contributed by atoms with Gasteiger partial charge in [-0.15, -0.1) is 0 Å². The molecule has 0 bridgehead atoms. The molecule has 1 aromatic heterocycles. The molecule has 0 saturated carbocycles. The maximum absolute atomic E-state index is 11.7. The molecule has 6 heteroatoms. The second-order valence-corrected chi connectivity index (χ2v) is 4.15. The highest BCUT2D eigenvalue weighted by molar-refractivity contribution is 7.80. The van der Waals surface area contributed by atoms with Gasteiger partial charge in [-0.25, -0.2) is 9.97 Å². The number of carbonyl (C=O) groups is 1. The smallest absolute Gasteiger partial charge is 0.228 e. The summed E-state index contributed by atoms with van der Waals surface area (Å²) in [5.41, 5.74) is 0. The Morgan fingerprint density at radius 3 is 2.87 bits per heavy atom. The summed E-state index contributed by atoms with van der Waals surface area (Å²) in [6.45, 7) is 0.626. The lowest BCUT2D eigenvalue weighted by atomic mass is 10.1. The number of carbonyl (C=O) groups excluding carboxylic acids is 1. The molecule has 4 nitrogen and oxygen atoms in total. The van der Waals surface area contributed by atoms with Crippen molar-refractivity contribution in [2.75, 3.05) is 17.2 Å². The van der Waals surface area contributed by atoms with Gasteiger partial charge in [0.05, 0.1) is 0 Å². The van der Waals surface area contributed by atoms with E-state index in [0.29, 0.717) is 24.5 Å². The minimum Gasteiger partial charge on any atom is -0.294 e. The molecule has 0 spiro atoms. The van der Waals surface area contributed by atoms with Crippen LogP contribution in [-0.2, 0) is 4.79 Å². The molecule has 1 aliphatic rings. The van der Waals surface area contributed by atoms with Crippen LogP contribution in [0.2, 0.25) is 5.15 Å². The molecule has 1 aromatic rings. The van der Waals surface area contributed by atoms with Gasteiger partial charge in [-0.05, 0) is 11.7 Å².